The Bertz CT molecular complexity index is 452. The molecule has 2 N–H and O–H groups in total. The first kappa shape index (κ1) is 11.7. The number of piperazine rings is 1. The van der Waals surface area contributed by atoms with Crippen LogP contribution in [0.25, 0.3) is 0 Å². The third kappa shape index (κ3) is 2.02. The van der Waals surface area contributed by atoms with Gasteiger partial charge in [-0.3, -0.25) is 4.79 Å². The van der Waals surface area contributed by atoms with Crippen LogP contribution in [0.4, 0.5) is 5.69 Å². The van der Waals surface area contributed by atoms with Crippen LogP contribution in [-0.4, -0.2) is 37.6 Å². The van der Waals surface area contributed by atoms with E-state index in [0.717, 1.165) is 31.7 Å². The van der Waals surface area contributed by atoms with Crippen LogP contribution < -0.4 is 15.5 Å². The Morgan fingerprint density at radius 1 is 1.28 bits per heavy atom. The third-order valence-corrected chi connectivity index (χ3v) is 3.79. The number of fused-ring (bicyclic) bond motifs is 1. The summed E-state index contributed by atoms with van der Waals surface area (Å²) in [4.78, 5) is 14.4. The second kappa shape index (κ2) is 4.71. The molecule has 4 heteroatoms. The van der Waals surface area contributed by atoms with Gasteiger partial charge in [0.25, 0.3) is 0 Å². The SMILES string of the molecule is CC1CNC(C(=O)N2CCc3ccccc32)CN1. The van der Waals surface area contributed by atoms with Crippen molar-refractivity contribution in [3.8, 4) is 0 Å². The van der Waals surface area contributed by atoms with E-state index in [-0.39, 0.29) is 11.9 Å². The number of nitrogens with one attached hydrogen (secondary N) is 2. The molecule has 18 heavy (non-hydrogen) atoms. The molecule has 1 aromatic carbocycles. The van der Waals surface area contributed by atoms with Gasteiger partial charge in [0.1, 0.15) is 0 Å². The molecule has 0 bridgehead atoms. The minimum absolute atomic E-state index is 0.0904. The highest BCUT2D eigenvalue weighted by molar-refractivity contribution is 5.99. The summed E-state index contributed by atoms with van der Waals surface area (Å²) in [6, 6.07) is 8.54. The van der Waals surface area contributed by atoms with E-state index in [1.807, 2.05) is 23.1 Å². The predicted octanol–water partition coefficient (Wildman–Crippen LogP) is 0.526. The number of hydrogen-bond acceptors (Lipinski definition) is 3. The van der Waals surface area contributed by atoms with Crippen LogP contribution in [0.1, 0.15) is 12.5 Å². The standard InChI is InChI=1S/C14H19N3O/c1-10-8-16-12(9-15-10)14(18)17-7-6-11-4-2-3-5-13(11)17/h2-5,10,12,15-16H,6-9H2,1H3. The number of anilines is 1. The van der Waals surface area contributed by atoms with Gasteiger partial charge in [-0.2, -0.15) is 0 Å². The third-order valence-electron chi connectivity index (χ3n) is 3.79. The highest BCUT2D eigenvalue weighted by atomic mass is 16.2. The molecule has 1 fully saturated rings. The van der Waals surface area contributed by atoms with Crippen molar-refractivity contribution in [3.05, 3.63) is 29.8 Å². The molecule has 0 aromatic heterocycles. The van der Waals surface area contributed by atoms with Crippen molar-refractivity contribution in [3.63, 3.8) is 0 Å². The molecule has 1 aromatic rings. The molecule has 0 saturated carbocycles. The van der Waals surface area contributed by atoms with E-state index >= 15 is 0 Å². The molecule has 1 amide bonds. The second-order valence-electron chi connectivity index (χ2n) is 5.14. The highest BCUT2D eigenvalue weighted by Crippen LogP contribution is 2.27. The van der Waals surface area contributed by atoms with Gasteiger partial charge in [-0.1, -0.05) is 18.2 Å². The number of para-hydroxylation sites is 1. The van der Waals surface area contributed by atoms with Crippen molar-refractivity contribution in [1.82, 2.24) is 10.6 Å². The first-order valence-corrected chi connectivity index (χ1v) is 6.62. The summed E-state index contributed by atoms with van der Waals surface area (Å²) in [5.74, 6) is 0.194. The van der Waals surface area contributed by atoms with Crippen LogP contribution in [0.5, 0.6) is 0 Å². The summed E-state index contributed by atoms with van der Waals surface area (Å²) in [6.07, 6.45) is 0.971. The molecule has 2 aliphatic heterocycles. The maximum atomic E-state index is 12.5. The zero-order valence-corrected chi connectivity index (χ0v) is 10.6. The van der Waals surface area contributed by atoms with Gasteiger partial charge >= 0.3 is 0 Å². The van der Waals surface area contributed by atoms with Crippen molar-refractivity contribution in [2.45, 2.75) is 25.4 Å². The molecule has 0 aliphatic carbocycles. The lowest BCUT2D eigenvalue weighted by atomic mass is 10.1. The molecule has 0 radical (unpaired) electrons. The van der Waals surface area contributed by atoms with Crippen LogP contribution in [0, 0.1) is 0 Å². The molecule has 2 atom stereocenters. The molecule has 3 rings (SSSR count). The van der Waals surface area contributed by atoms with Crippen LogP contribution in [-0.2, 0) is 11.2 Å². The Balaban J connectivity index is 1.74. The van der Waals surface area contributed by atoms with E-state index in [1.165, 1.54) is 5.56 Å². The lowest BCUT2D eigenvalue weighted by Gasteiger charge is -2.31. The van der Waals surface area contributed by atoms with Gasteiger partial charge in [0.15, 0.2) is 0 Å². The van der Waals surface area contributed by atoms with Crippen LogP contribution in [0.3, 0.4) is 0 Å². The van der Waals surface area contributed by atoms with E-state index in [9.17, 15) is 4.79 Å². The monoisotopic (exact) mass is 245 g/mol. The molecule has 0 spiro atoms. The van der Waals surface area contributed by atoms with Crippen molar-refractivity contribution in [2.75, 3.05) is 24.5 Å². The number of amides is 1. The summed E-state index contributed by atoms with van der Waals surface area (Å²) < 4.78 is 0. The maximum Gasteiger partial charge on any atom is 0.245 e. The average molecular weight is 245 g/mol. The number of nitrogens with zero attached hydrogens (tertiary/aromatic N) is 1. The van der Waals surface area contributed by atoms with Gasteiger partial charge < -0.3 is 15.5 Å². The van der Waals surface area contributed by atoms with Crippen LogP contribution in [0.2, 0.25) is 0 Å². The van der Waals surface area contributed by atoms with Gasteiger partial charge in [0, 0.05) is 31.4 Å². The summed E-state index contributed by atoms with van der Waals surface area (Å²) in [7, 11) is 0. The Morgan fingerprint density at radius 3 is 2.89 bits per heavy atom. The molecule has 96 valence electrons. The number of carbonyl (C=O) groups is 1. The fraction of sp³-hybridized carbons (Fsp3) is 0.500. The van der Waals surface area contributed by atoms with E-state index in [1.54, 1.807) is 0 Å². The largest absolute Gasteiger partial charge is 0.311 e. The molecule has 2 heterocycles. The number of carbonyl (C=O) groups excluding carboxylic acids is 1. The number of benzene rings is 1. The highest BCUT2D eigenvalue weighted by Gasteiger charge is 2.31. The lowest BCUT2D eigenvalue weighted by molar-refractivity contribution is -0.120. The number of hydrogen-bond donors (Lipinski definition) is 2. The fourth-order valence-electron chi connectivity index (χ4n) is 2.71. The van der Waals surface area contributed by atoms with Gasteiger partial charge in [-0.25, -0.2) is 0 Å². The zero-order chi connectivity index (χ0) is 12.5. The molecular formula is C14H19N3O. The molecule has 4 nitrogen and oxygen atoms in total. The quantitative estimate of drug-likeness (QED) is 0.758. The van der Waals surface area contributed by atoms with Gasteiger partial charge in [-0.15, -0.1) is 0 Å². The number of rotatable bonds is 1. The normalized spacial score (nSPS) is 27.1. The zero-order valence-electron chi connectivity index (χ0n) is 10.6. The van der Waals surface area contributed by atoms with Crippen LogP contribution >= 0.6 is 0 Å². The first-order valence-electron chi connectivity index (χ1n) is 6.62. The maximum absolute atomic E-state index is 12.5. The smallest absolute Gasteiger partial charge is 0.245 e. The molecule has 2 unspecified atom stereocenters. The van der Waals surface area contributed by atoms with Crippen molar-refractivity contribution >= 4 is 11.6 Å². The van der Waals surface area contributed by atoms with Gasteiger partial charge in [0.2, 0.25) is 5.91 Å². The van der Waals surface area contributed by atoms with E-state index in [2.05, 4.69) is 23.6 Å². The summed E-state index contributed by atoms with van der Waals surface area (Å²) in [5, 5.41) is 6.67. The molecular weight excluding hydrogens is 226 g/mol. The van der Waals surface area contributed by atoms with Gasteiger partial charge in [0.05, 0.1) is 6.04 Å². The molecule has 2 aliphatic rings. The summed E-state index contributed by atoms with van der Waals surface area (Å²) in [5.41, 5.74) is 2.37. The van der Waals surface area contributed by atoms with Crippen LogP contribution in [0.15, 0.2) is 24.3 Å². The Kier molecular flexibility index (Phi) is 3.06. The fourth-order valence-corrected chi connectivity index (χ4v) is 2.71. The Labute approximate surface area is 107 Å². The van der Waals surface area contributed by atoms with E-state index in [4.69, 9.17) is 0 Å². The van der Waals surface area contributed by atoms with Gasteiger partial charge in [-0.05, 0) is 25.0 Å². The lowest BCUT2D eigenvalue weighted by Crippen LogP contribution is -2.59. The Morgan fingerprint density at radius 2 is 2.11 bits per heavy atom. The van der Waals surface area contributed by atoms with Crippen molar-refractivity contribution in [2.24, 2.45) is 0 Å². The minimum atomic E-state index is -0.0904. The average Bonchev–Trinajstić information content (AvgIpc) is 2.82. The van der Waals surface area contributed by atoms with E-state index < -0.39 is 0 Å². The van der Waals surface area contributed by atoms with E-state index in [0.29, 0.717) is 6.04 Å². The topological polar surface area (TPSA) is 44.4 Å². The first-order chi connectivity index (χ1) is 8.75. The minimum Gasteiger partial charge on any atom is -0.311 e. The summed E-state index contributed by atoms with van der Waals surface area (Å²) in [6.45, 7) is 4.51. The summed E-state index contributed by atoms with van der Waals surface area (Å²) >= 11 is 0. The van der Waals surface area contributed by atoms with Crippen molar-refractivity contribution < 1.29 is 4.79 Å². The Hall–Kier alpha value is -1.39. The second-order valence-corrected chi connectivity index (χ2v) is 5.14. The molecule has 1 saturated heterocycles. The van der Waals surface area contributed by atoms with Crippen molar-refractivity contribution in [1.29, 1.82) is 0 Å². The predicted molar refractivity (Wildman–Crippen MR) is 71.8 cm³/mol.